The van der Waals surface area contributed by atoms with E-state index >= 15 is 0 Å². The number of H-pyrrole nitrogens is 1. The molecule has 0 radical (unpaired) electrons. The van der Waals surface area contributed by atoms with E-state index in [2.05, 4.69) is 10.2 Å². The van der Waals surface area contributed by atoms with Crippen LogP contribution in [0.1, 0.15) is 31.2 Å². The third kappa shape index (κ3) is 2.85. The summed E-state index contributed by atoms with van der Waals surface area (Å²) in [5, 5.41) is 16.6. The summed E-state index contributed by atoms with van der Waals surface area (Å²) in [6.45, 7) is 3.96. The third-order valence-electron chi connectivity index (χ3n) is 2.38. The lowest BCUT2D eigenvalue weighted by Crippen LogP contribution is -2.06. The zero-order chi connectivity index (χ0) is 12.3. The summed E-state index contributed by atoms with van der Waals surface area (Å²) in [6.07, 6.45) is 1.10. The van der Waals surface area contributed by atoms with Gasteiger partial charge in [-0.25, -0.2) is 0 Å². The van der Waals surface area contributed by atoms with Gasteiger partial charge in [-0.15, -0.1) is 0 Å². The minimum absolute atomic E-state index is 0.151. The Hall–Kier alpha value is -1.81. The lowest BCUT2D eigenvalue weighted by Gasteiger charge is -2.12. The fourth-order valence-corrected chi connectivity index (χ4v) is 1.60. The second kappa shape index (κ2) is 5.01. The number of aliphatic hydroxyl groups is 1. The molecular weight excluding hydrogens is 216 g/mol. The molecule has 2 N–H and O–H groups in total. The maximum atomic E-state index is 10.0. The highest BCUT2D eigenvalue weighted by atomic mass is 16.5. The minimum atomic E-state index is -0.675. The Labute approximate surface area is 100 Å². The molecular formula is C13H16N2O2. The van der Waals surface area contributed by atoms with Crippen LogP contribution in [0.15, 0.2) is 36.5 Å². The van der Waals surface area contributed by atoms with E-state index in [-0.39, 0.29) is 6.10 Å². The van der Waals surface area contributed by atoms with Crippen LogP contribution in [0.5, 0.6) is 5.75 Å². The van der Waals surface area contributed by atoms with E-state index in [1.54, 1.807) is 12.3 Å². The predicted octanol–water partition coefficient (Wildman–Crippen LogP) is 2.28. The molecule has 1 unspecified atom stereocenters. The van der Waals surface area contributed by atoms with Crippen LogP contribution in [-0.2, 0) is 0 Å². The first kappa shape index (κ1) is 11.7. The number of nitrogens with zero attached hydrogens (tertiary/aromatic N) is 1. The monoisotopic (exact) mass is 232 g/mol. The molecule has 1 aromatic heterocycles. The zero-order valence-electron chi connectivity index (χ0n) is 9.92. The fourth-order valence-electron chi connectivity index (χ4n) is 1.60. The minimum Gasteiger partial charge on any atom is -0.491 e. The fraction of sp³-hybridized carbons (Fsp3) is 0.308. The van der Waals surface area contributed by atoms with E-state index in [1.807, 2.05) is 38.1 Å². The Morgan fingerprint density at radius 2 is 1.88 bits per heavy atom. The smallest absolute Gasteiger partial charge is 0.120 e. The molecule has 4 heteroatoms. The Morgan fingerprint density at radius 3 is 2.41 bits per heavy atom. The molecule has 0 fully saturated rings. The van der Waals surface area contributed by atoms with Crippen molar-refractivity contribution in [3.8, 4) is 5.75 Å². The van der Waals surface area contributed by atoms with Crippen LogP contribution in [0.3, 0.4) is 0 Å². The number of aromatic nitrogens is 2. The molecule has 0 aliphatic carbocycles. The molecule has 2 rings (SSSR count). The van der Waals surface area contributed by atoms with Gasteiger partial charge in [0.15, 0.2) is 0 Å². The van der Waals surface area contributed by atoms with Crippen molar-refractivity contribution in [1.82, 2.24) is 10.2 Å². The largest absolute Gasteiger partial charge is 0.491 e. The normalized spacial score (nSPS) is 12.7. The topological polar surface area (TPSA) is 58.1 Å². The number of ether oxygens (including phenoxy) is 1. The van der Waals surface area contributed by atoms with Gasteiger partial charge in [0.2, 0.25) is 0 Å². The third-order valence-corrected chi connectivity index (χ3v) is 2.38. The molecule has 0 bridgehead atoms. The van der Waals surface area contributed by atoms with Gasteiger partial charge in [-0.05, 0) is 37.6 Å². The van der Waals surface area contributed by atoms with Crippen molar-refractivity contribution in [3.63, 3.8) is 0 Å². The highest BCUT2D eigenvalue weighted by Gasteiger charge is 2.11. The molecule has 4 nitrogen and oxygen atoms in total. The Bertz CT molecular complexity index is 449. The van der Waals surface area contributed by atoms with E-state index in [0.717, 1.165) is 11.3 Å². The molecule has 2 aromatic rings. The summed E-state index contributed by atoms with van der Waals surface area (Å²) in [6, 6.07) is 9.17. The molecule has 0 saturated carbocycles. The number of hydrogen-bond acceptors (Lipinski definition) is 3. The average molecular weight is 232 g/mol. The van der Waals surface area contributed by atoms with Gasteiger partial charge >= 0.3 is 0 Å². The molecule has 1 heterocycles. The van der Waals surface area contributed by atoms with E-state index in [1.165, 1.54) is 0 Å². The molecule has 0 aliphatic rings. The molecule has 17 heavy (non-hydrogen) atoms. The molecule has 0 saturated heterocycles. The summed E-state index contributed by atoms with van der Waals surface area (Å²) in [5.41, 5.74) is 1.49. The average Bonchev–Trinajstić information content (AvgIpc) is 2.82. The van der Waals surface area contributed by atoms with Crippen LogP contribution in [0.4, 0.5) is 0 Å². The number of rotatable bonds is 4. The van der Waals surface area contributed by atoms with E-state index in [9.17, 15) is 5.11 Å². The first-order chi connectivity index (χ1) is 8.16. The standard InChI is InChI=1S/C13H16N2O2/c1-9(2)17-11-5-3-10(4-6-11)13(16)12-7-8-14-15-12/h3-9,13,16H,1-2H3,(H,14,15). The maximum absolute atomic E-state index is 10.0. The quantitative estimate of drug-likeness (QED) is 0.850. The van der Waals surface area contributed by atoms with Gasteiger partial charge in [0.1, 0.15) is 11.9 Å². The first-order valence-corrected chi connectivity index (χ1v) is 5.61. The van der Waals surface area contributed by atoms with Gasteiger partial charge in [0, 0.05) is 6.20 Å². The van der Waals surface area contributed by atoms with Crippen molar-refractivity contribution in [2.45, 2.75) is 26.1 Å². The molecule has 1 atom stereocenters. The van der Waals surface area contributed by atoms with Crippen LogP contribution in [0.25, 0.3) is 0 Å². The number of hydrogen-bond donors (Lipinski definition) is 2. The lowest BCUT2D eigenvalue weighted by molar-refractivity contribution is 0.214. The number of nitrogens with one attached hydrogen (secondary N) is 1. The summed E-state index contributed by atoms with van der Waals surface area (Å²) in [7, 11) is 0. The highest BCUT2D eigenvalue weighted by molar-refractivity contribution is 5.31. The van der Waals surface area contributed by atoms with Crippen molar-refractivity contribution in [1.29, 1.82) is 0 Å². The molecule has 0 spiro atoms. The van der Waals surface area contributed by atoms with Gasteiger partial charge in [-0.2, -0.15) is 5.10 Å². The summed E-state index contributed by atoms with van der Waals surface area (Å²) in [5.74, 6) is 0.806. The number of aliphatic hydroxyl groups excluding tert-OH is 1. The van der Waals surface area contributed by atoms with Gasteiger partial charge < -0.3 is 9.84 Å². The maximum Gasteiger partial charge on any atom is 0.120 e. The van der Waals surface area contributed by atoms with Crippen LogP contribution in [-0.4, -0.2) is 21.4 Å². The lowest BCUT2D eigenvalue weighted by atomic mass is 10.1. The number of benzene rings is 1. The van der Waals surface area contributed by atoms with Gasteiger partial charge in [-0.1, -0.05) is 12.1 Å². The van der Waals surface area contributed by atoms with E-state index < -0.39 is 6.10 Å². The van der Waals surface area contributed by atoms with Crippen molar-refractivity contribution >= 4 is 0 Å². The molecule has 0 aliphatic heterocycles. The van der Waals surface area contributed by atoms with Crippen LogP contribution < -0.4 is 4.74 Å². The summed E-state index contributed by atoms with van der Waals surface area (Å²) < 4.78 is 5.54. The highest BCUT2D eigenvalue weighted by Crippen LogP contribution is 2.22. The molecule has 90 valence electrons. The van der Waals surface area contributed by atoms with Crippen molar-refractivity contribution in [2.24, 2.45) is 0 Å². The summed E-state index contributed by atoms with van der Waals surface area (Å²) in [4.78, 5) is 0. The van der Waals surface area contributed by atoms with Crippen LogP contribution in [0, 0.1) is 0 Å². The first-order valence-electron chi connectivity index (χ1n) is 5.61. The Morgan fingerprint density at radius 1 is 1.18 bits per heavy atom. The summed E-state index contributed by atoms with van der Waals surface area (Å²) >= 11 is 0. The zero-order valence-corrected chi connectivity index (χ0v) is 9.92. The second-order valence-corrected chi connectivity index (χ2v) is 4.15. The predicted molar refractivity (Wildman–Crippen MR) is 64.9 cm³/mol. The number of aromatic amines is 1. The van der Waals surface area contributed by atoms with Crippen LogP contribution >= 0.6 is 0 Å². The van der Waals surface area contributed by atoms with E-state index in [4.69, 9.17) is 4.74 Å². The van der Waals surface area contributed by atoms with E-state index in [0.29, 0.717) is 5.69 Å². The van der Waals surface area contributed by atoms with Crippen molar-refractivity contribution < 1.29 is 9.84 Å². The van der Waals surface area contributed by atoms with Crippen molar-refractivity contribution in [2.75, 3.05) is 0 Å². The van der Waals surface area contributed by atoms with Crippen molar-refractivity contribution in [3.05, 3.63) is 47.8 Å². The Kier molecular flexibility index (Phi) is 3.44. The van der Waals surface area contributed by atoms with Gasteiger partial charge in [-0.3, -0.25) is 5.10 Å². The second-order valence-electron chi connectivity index (χ2n) is 4.15. The molecule has 1 aromatic carbocycles. The van der Waals surface area contributed by atoms with Gasteiger partial charge in [0.25, 0.3) is 0 Å². The Balaban J connectivity index is 2.12. The SMILES string of the molecule is CC(C)Oc1ccc(C(O)c2ccn[nH]2)cc1. The molecule has 0 amide bonds. The van der Waals surface area contributed by atoms with Crippen LogP contribution in [0.2, 0.25) is 0 Å². The van der Waals surface area contributed by atoms with Gasteiger partial charge in [0.05, 0.1) is 11.8 Å².